The molecule has 0 radical (unpaired) electrons. The highest BCUT2D eigenvalue weighted by Crippen LogP contribution is 2.22. The number of hydrogen-bond acceptors (Lipinski definition) is 4. The molecular formula is C23H20Cl2N2O3. The van der Waals surface area contributed by atoms with Crippen molar-refractivity contribution >= 4 is 35.0 Å². The van der Waals surface area contributed by atoms with Crippen LogP contribution in [0.5, 0.6) is 5.75 Å². The van der Waals surface area contributed by atoms with Crippen LogP contribution in [0, 0.1) is 13.8 Å². The maximum atomic E-state index is 12.4. The minimum absolute atomic E-state index is 0.0283. The van der Waals surface area contributed by atoms with Gasteiger partial charge in [-0.3, -0.25) is 0 Å². The number of carbonyl (C=O) groups excluding carboxylic acids is 1. The molecule has 154 valence electrons. The minimum Gasteiger partial charge on any atom is -0.489 e. The maximum Gasteiger partial charge on any atom is 0.365 e. The van der Waals surface area contributed by atoms with Gasteiger partial charge in [0.2, 0.25) is 0 Å². The topological polar surface area (TPSA) is 73.9 Å². The van der Waals surface area contributed by atoms with E-state index in [9.17, 15) is 4.79 Å². The van der Waals surface area contributed by atoms with Crippen LogP contribution in [0.1, 0.15) is 32.6 Å². The van der Waals surface area contributed by atoms with E-state index < -0.39 is 5.97 Å². The summed E-state index contributed by atoms with van der Waals surface area (Å²) < 4.78 is 5.89. The van der Waals surface area contributed by atoms with E-state index in [1.54, 1.807) is 30.3 Å². The van der Waals surface area contributed by atoms with Crippen LogP contribution in [0.4, 0.5) is 0 Å². The monoisotopic (exact) mass is 442 g/mol. The van der Waals surface area contributed by atoms with Gasteiger partial charge in [-0.15, -0.1) is 0 Å². The molecule has 0 atom stereocenters. The molecule has 0 saturated carbocycles. The summed E-state index contributed by atoms with van der Waals surface area (Å²) in [7, 11) is 0. The zero-order valence-corrected chi connectivity index (χ0v) is 18.0. The fourth-order valence-corrected chi connectivity index (χ4v) is 3.21. The van der Waals surface area contributed by atoms with E-state index in [4.69, 9.17) is 38.5 Å². The van der Waals surface area contributed by atoms with Crippen molar-refractivity contribution in [3.63, 3.8) is 0 Å². The van der Waals surface area contributed by atoms with Gasteiger partial charge in [0.25, 0.3) is 0 Å². The third-order valence-electron chi connectivity index (χ3n) is 4.33. The van der Waals surface area contributed by atoms with E-state index in [0.29, 0.717) is 27.8 Å². The Morgan fingerprint density at radius 3 is 2.60 bits per heavy atom. The molecule has 3 aromatic rings. The Morgan fingerprint density at radius 2 is 1.83 bits per heavy atom. The number of aryl methyl sites for hydroxylation is 2. The van der Waals surface area contributed by atoms with E-state index in [2.05, 4.69) is 5.16 Å². The summed E-state index contributed by atoms with van der Waals surface area (Å²) in [5.74, 6) is 0.135. The molecule has 0 aliphatic carbocycles. The fourth-order valence-electron chi connectivity index (χ4n) is 2.70. The normalized spacial score (nSPS) is 11.3. The lowest BCUT2D eigenvalue weighted by molar-refractivity contribution is 0.0516. The smallest absolute Gasteiger partial charge is 0.365 e. The summed E-state index contributed by atoms with van der Waals surface area (Å²) in [5.41, 5.74) is 9.60. The Kier molecular flexibility index (Phi) is 6.98. The molecule has 0 aliphatic heterocycles. The first-order valence-corrected chi connectivity index (χ1v) is 9.88. The van der Waals surface area contributed by atoms with Crippen LogP contribution in [0.3, 0.4) is 0 Å². The van der Waals surface area contributed by atoms with Gasteiger partial charge in [0, 0.05) is 10.6 Å². The fraction of sp³-hybridized carbons (Fsp3) is 0.130. The SMILES string of the molecule is Cc1ccc(C)c(OCc2cccc(C(=O)O/N=C(\N)c3ccc(Cl)cc3Cl)c2)c1. The molecule has 0 aliphatic rings. The summed E-state index contributed by atoms with van der Waals surface area (Å²) >= 11 is 11.9. The quantitative estimate of drug-likeness (QED) is 0.231. The lowest BCUT2D eigenvalue weighted by Gasteiger charge is -2.10. The average Bonchev–Trinajstić information content (AvgIpc) is 2.72. The molecule has 0 saturated heterocycles. The summed E-state index contributed by atoms with van der Waals surface area (Å²) in [5, 5.41) is 4.47. The number of hydrogen-bond donors (Lipinski definition) is 1. The van der Waals surface area contributed by atoms with E-state index in [1.165, 1.54) is 6.07 Å². The first kappa shape index (κ1) is 21.7. The average molecular weight is 443 g/mol. The van der Waals surface area contributed by atoms with Crippen LogP contribution in [0.15, 0.2) is 65.8 Å². The largest absolute Gasteiger partial charge is 0.489 e. The molecule has 0 unspecified atom stereocenters. The van der Waals surface area contributed by atoms with Crippen LogP contribution in [-0.4, -0.2) is 11.8 Å². The summed E-state index contributed by atoms with van der Waals surface area (Å²) in [4.78, 5) is 17.3. The molecular weight excluding hydrogens is 423 g/mol. The first-order chi connectivity index (χ1) is 14.3. The second-order valence-corrected chi connectivity index (χ2v) is 7.58. The van der Waals surface area contributed by atoms with Crippen molar-refractivity contribution in [3.05, 3.63) is 98.5 Å². The molecule has 5 nitrogen and oxygen atoms in total. The van der Waals surface area contributed by atoms with Gasteiger partial charge < -0.3 is 15.3 Å². The van der Waals surface area contributed by atoms with Crippen LogP contribution in [-0.2, 0) is 11.4 Å². The Bertz CT molecular complexity index is 1110. The van der Waals surface area contributed by atoms with Crippen molar-refractivity contribution in [1.29, 1.82) is 0 Å². The van der Waals surface area contributed by atoms with Crippen LogP contribution >= 0.6 is 23.2 Å². The number of nitrogens with zero attached hydrogens (tertiary/aromatic N) is 1. The second kappa shape index (κ2) is 9.65. The Morgan fingerprint density at radius 1 is 1.03 bits per heavy atom. The predicted molar refractivity (Wildman–Crippen MR) is 119 cm³/mol. The Balaban J connectivity index is 1.67. The number of nitrogens with two attached hydrogens (primary N) is 1. The van der Waals surface area contributed by atoms with Crippen molar-refractivity contribution in [2.75, 3.05) is 0 Å². The van der Waals surface area contributed by atoms with Gasteiger partial charge in [-0.05, 0) is 66.9 Å². The molecule has 0 amide bonds. The lowest BCUT2D eigenvalue weighted by Crippen LogP contribution is -2.16. The Hall–Kier alpha value is -3.02. The van der Waals surface area contributed by atoms with E-state index in [0.717, 1.165) is 22.4 Å². The summed E-state index contributed by atoms with van der Waals surface area (Å²) in [6.45, 7) is 4.31. The summed E-state index contributed by atoms with van der Waals surface area (Å²) in [6, 6.07) is 17.7. The number of oxime groups is 1. The molecule has 0 bridgehead atoms. The maximum absolute atomic E-state index is 12.4. The van der Waals surface area contributed by atoms with Crippen molar-refractivity contribution < 1.29 is 14.4 Å². The van der Waals surface area contributed by atoms with Crippen LogP contribution in [0.25, 0.3) is 0 Å². The zero-order valence-electron chi connectivity index (χ0n) is 16.5. The highest BCUT2D eigenvalue weighted by atomic mass is 35.5. The number of rotatable bonds is 6. The number of carbonyl (C=O) groups is 1. The molecule has 7 heteroatoms. The molecule has 0 fully saturated rings. The van der Waals surface area contributed by atoms with Gasteiger partial charge in [-0.2, -0.15) is 0 Å². The number of halogens is 2. The zero-order chi connectivity index (χ0) is 21.7. The third-order valence-corrected chi connectivity index (χ3v) is 4.88. The summed E-state index contributed by atoms with van der Waals surface area (Å²) in [6.07, 6.45) is 0. The standard InChI is InChI=1S/C23H20Cl2N2O3/c1-14-6-7-15(2)21(10-14)29-13-16-4-3-5-17(11-16)23(28)30-27-22(26)19-9-8-18(24)12-20(19)25/h3-12H,13H2,1-2H3,(H2,26,27). The molecule has 3 rings (SSSR count). The number of amidine groups is 1. The number of ether oxygens (including phenoxy) is 1. The van der Waals surface area contributed by atoms with Crippen molar-refractivity contribution in [3.8, 4) is 5.75 Å². The van der Waals surface area contributed by atoms with Crippen LogP contribution < -0.4 is 10.5 Å². The van der Waals surface area contributed by atoms with Crippen molar-refractivity contribution in [2.24, 2.45) is 10.9 Å². The van der Waals surface area contributed by atoms with Gasteiger partial charge in [-0.25, -0.2) is 4.79 Å². The lowest BCUT2D eigenvalue weighted by atomic mass is 10.1. The molecule has 3 aromatic carbocycles. The van der Waals surface area contributed by atoms with Gasteiger partial charge in [0.1, 0.15) is 12.4 Å². The predicted octanol–water partition coefficient (Wildman–Crippen LogP) is 5.67. The highest BCUT2D eigenvalue weighted by Gasteiger charge is 2.11. The molecule has 2 N–H and O–H groups in total. The minimum atomic E-state index is -0.642. The van der Waals surface area contributed by atoms with Crippen molar-refractivity contribution in [1.82, 2.24) is 0 Å². The van der Waals surface area contributed by atoms with Gasteiger partial charge >= 0.3 is 5.97 Å². The van der Waals surface area contributed by atoms with Crippen LogP contribution in [0.2, 0.25) is 10.0 Å². The molecule has 0 aromatic heterocycles. The highest BCUT2D eigenvalue weighted by molar-refractivity contribution is 6.36. The second-order valence-electron chi connectivity index (χ2n) is 6.74. The van der Waals surface area contributed by atoms with Gasteiger partial charge in [-0.1, -0.05) is 52.6 Å². The van der Waals surface area contributed by atoms with E-state index in [1.807, 2.05) is 38.1 Å². The third kappa shape index (κ3) is 5.53. The van der Waals surface area contributed by atoms with Gasteiger partial charge in [0.05, 0.1) is 10.6 Å². The Labute approximate surface area is 185 Å². The molecule has 30 heavy (non-hydrogen) atoms. The van der Waals surface area contributed by atoms with Crippen molar-refractivity contribution in [2.45, 2.75) is 20.5 Å². The molecule has 0 heterocycles. The molecule has 0 spiro atoms. The number of benzene rings is 3. The van der Waals surface area contributed by atoms with E-state index in [-0.39, 0.29) is 5.84 Å². The van der Waals surface area contributed by atoms with E-state index >= 15 is 0 Å². The van der Waals surface area contributed by atoms with Gasteiger partial charge in [0.15, 0.2) is 5.84 Å². The first-order valence-electron chi connectivity index (χ1n) is 9.12.